The Morgan fingerprint density at radius 3 is 1.75 bits per heavy atom. The fourth-order valence-corrected chi connectivity index (χ4v) is 2.78. The van der Waals surface area contributed by atoms with Crippen molar-refractivity contribution in [2.75, 3.05) is 19.6 Å². The lowest BCUT2D eigenvalue weighted by Gasteiger charge is -2.21. The van der Waals surface area contributed by atoms with E-state index in [1.54, 1.807) is 0 Å². The van der Waals surface area contributed by atoms with Crippen molar-refractivity contribution in [3.8, 4) is 0 Å². The van der Waals surface area contributed by atoms with Gasteiger partial charge in [0.2, 0.25) is 23.6 Å². The van der Waals surface area contributed by atoms with Gasteiger partial charge >= 0.3 is 5.97 Å². The van der Waals surface area contributed by atoms with Gasteiger partial charge in [0.25, 0.3) is 0 Å². The van der Waals surface area contributed by atoms with E-state index in [1.807, 2.05) is 0 Å². The number of nitrogens with two attached hydrogens (primary N) is 6. The van der Waals surface area contributed by atoms with E-state index < -0.39 is 54.3 Å². The van der Waals surface area contributed by atoms with Crippen molar-refractivity contribution in [1.29, 1.82) is 0 Å². The summed E-state index contributed by atoms with van der Waals surface area (Å²) in [5, 5.41) is 16.4. The Bertz CT molecular complexity index is 825. The van der Waals surface area contributed by atoms with Crippen LogP contribution in [0.25, 0.3) is 0 Å². The van der Waals surface area contributed by atoms with Gasteiger partial charge in [0.15, 0.2) is 11.9 Å². The molecule has 0 saturated carbocycles. The molecule has 16 N–H and O–H groups in total. The predicted molar refractivity (Wildman–Crippen MR) is 131 cm³/mol. The highest BCUT2D eigenvalue weighted by Crippen LogP contribution is 2.02. The first-order chi connectivity index (χ1) is 16.8. The number of primary amides is 1. The van der Waals surface area contributed by atoms with Gasteiger partial charge in [-0.2, -0.15) is 0 Å². The number of aliphatic imine (C=N–C) groups is 2. The molecule has 0 aromatic carbocycles. The van der Waals surface area contributed by atoms with Crippen LogP contribution in [-0.2, 0) is 24.0 Å². The Morgan fingerprint density at radius 1 is 0.750 bits per heavy atom. The van der Waals surface area contributed by atoms with Crippen LogP contribution in [0, 0.1) is 0 Å². The van der Waals surface area contributed by atoms with Crippen LogP contribution >= 0.6 is 0 Å². The molecule has 17 heteroatoms. The third-order valence-electron chi connectivity index (χ3n) is 4.62. The molecule has 17 nitrogen and oxygen atoms in total. The molecule has 0 radical (unpaired) electrons. The fraction of sp³-hybridized carbons (Fsp3) is 0.632. The van der Waals surface area contributed by atoms with Crippen LogP contribution < -0.4 is 50.4 Å². The minimum absolute atomic E-state index is 0.0221. The van der Waals surface area contributed by atoms with E-state index in [1.165, 1.54) is 0 Å². The first-order valence-corrected chi connectivity index (χ1v) is 11.1. The molecule has 0 heterocycles. The molecule has 36 heavy (non-hydrogen) atoms. The molecule has 0 saturated heterocycles. The van der Waals surface area contributed by atoms with Gasteiger partial charge in [-0.25, -0.2) is 4.79 Å². The minimum Gasteiger partial charge on any atom is -0.480 e. The Labute approximate surface area is 207 Å². The van der Waals surface area contributed by atoms with Crippen molar-refractivity contribution in [3.63, 3.8) is 0 Å². The SMILES string of the molecule is NC(=O)CCC(N)C(=O)NC(CCCN=C(N)N)C(=O)NCC(=O)NC(CCCN=C(N)N)C(=O)O. The molecule has 0 bridgehead atoms. The second-order valence-electron chi connectivity index (χ2n) is 7.75. The number of carboxylic acid groups (broad SMARTS) is 1. The van der Waals surface area contributed by atoms with Gasteiger partial charge in [-0.05, 0) is 32.1 Å². The van der Waals surface area contributed by atoms with Crippen molar-refractivity contribution >= 4 is 41.5 Å². The van der Waals surface area contributed by atoms with Crippen molar-refractivity contribution in [2.45, 2.75) is 56.7 Å². The highest BCUT2D eigenvalue weighted by molar-refractivity contribution is 5.92. The lowest BCUT2D eigenvalue weighted by molar-refractivity contribution is -0.142. The number of nitrogens with zero attached hydrogens (tertiary/aromatic N) is 2. The van der Waals surface area contributed by atoms with Crippen LogP contribution in [0.5, 0.6) is 0 Å². The number of nitrogens with one attached hydrogen (secondary N) is 3. The molecular formula is C19H37N11O6. The zero-order valence-corrected chi connectivity index (χ0v) is 19.9. The molecule has 0 aliphatic heterocycles. The van der Waals surface area contributed by atoms with Gasteiger partial charge in [-0.1, -0.05) is 0 Å². The molecule has 0 spiro atoms. The van der Waals surface area contributed by atoms with Crippen LogP contribution in [0.1, 0.15) is 38.5 Å². The lowest BCUT2D eigenvalue weighted by Crippen LogP contribution is -2.53. The van der Waals surface area contributed by atoms with Crippen molar-refractivity contribution in [3.05, 3.63) is 0 Å². The molecule has 3 unspecified atom stereocenters. The predicted octanol–water partition coefficient (Wildman–Crippen LogP) is -5.14. The maximum Gasteiger partial charge on any atom is 0.326 e. The van der Waals surface area contributed by atoms with Gasteiger partial charge in [0, 0.05) is 19.5 Å². The highest BCUT2D eigenvalue weighted by atomic mass is 16.4. The molecule has 0 aromatic rings. The van der Waals surface area contributed by atoms with E-state index in [9.17, 15) is 29.1 Å². The number of carbonyl (C=O) groups is 5. The Hall–Kier alpha value is -4.15. The Balaban J connectivity index is 4.98. The van der Waals surface area contributed by atoms with E-state index in [-0.39, 0.29) is 50.7 Å². The van der Waals surface area contributed by atoms with E-state index in [0.29, 0.717) is 12.8 Å². The molecule has 0 rings (SSSR count). The average Bonchev–Trinajstić information content (AvgIpc) is 2.78. The third kappa shape index (κ3) is 15.6. The topological polar surface area (TPSA) is 323 Å². The minimum atomic E-state index is -1.27. The number of guanidine groups is 2. The van der Waals surface area contributed by atoms with Gasteiger partial charge in [0.1, 0.15) is 12.1 Å². The smallest absolute Gasteiger partial charge is 0.326 e. The van der Waals surface area contributed by atoms with E-state index in [0.717, 1.165) is 0 Å². The Morgan fingerprint density at radius 2 is 1.28 bits per heavy atom. The number of carboxylic acids is 1. The summed E-state index contributed by atoms with van der Waals surface area (Å²) >= 11 is 0. The summed E-state index contributed by atoms with van der Waals surface area (Å²) in [5.74, 6) is -4.36. The maximum atomic E-state index is 12.6. The van der Waals surface area contributed by atoms with Crippen LogP contribution in [0.3, 0.4) is 0 Å². The lowest BCUT2D eigenvalue weighted by atomic mass is 10.1. The zero-order valence-electron chi connectivity index (χ0n) is 19.9. The largest absolute Gasteiger partial charge is 0.480 e. The Kier molecular flexibility index (Phi) is 15.3. The number of aliphatic carboxylic acids is 1. The van der Waals surface area contributed by atoms with Crippen molar-refractivity contribution < 1.29 is 29.1 Å². The summed E-state index contributed by atoms with van der Waals surface area (Å²) in [6.07, 6.45) is 0.606. The van der Waals surface area contributed by atoms with E-state index in [4.69, 9.17) is 34.4 Å². The summed E-state index contributed by atoms with van der Waals surface area (Å²) in [5.41, 5.74) is 31.7. The molecule has 3 atom stereocenters. The van der Waals surface area contributed by atoms with Gasteiger partial charge in [0.05, 0.1) is 12.6 Å². The van der Waals surface area contributed by atoms with Gasteiger partial charge < -0.3 is 55.5 Å². The molecule has 204 valence electrons. The number of rotatable bonds is 18. The number of amides is 4. The summed E-state index contributed by atoms with van der Waals surface area (Å²) in [4.78, 5) is 67.0. The molecule has 4 amide bonds. The third-order valence-corrected chi connectivity index (χ3v) is 4.62. The molecule has 0 fully saturated rings. The maximum absolute atomic E-state index is 12.6. The molecule has 0 aliphatic rings. The highest BCUT2D eigenvalue weighted by Gasteiger charge is 2.25. The van der Waals surface area contributed by atoms with Crippen molar-refractivity contribution in [2.24, 2.45) is 44.4 Å². The monoisotopic (exact) mass is 515 g/mol. The summed E-state index contributed by atoms with van der Waals surface area (Å²) < 4.78 is 0. The van der Waals surface area contributed by atoms with E-state index >= 15 is 0 Å². The standard InChI is InChI=1S/C19H37N11O6/c20-10(5-6-13(21)31)15(33)30-11(3-1-7-26-18(22)23)16(34)28-9-14(32)29-12(17(35)36)4-2-8-27-19(24)25/h10-12H,1-9,20H2,(H2,21,31)(H,28,34)(H,29,32)(H,30,33)(H,35,36)(H4,22,23,26)(H4,24,25,27). The second-order valence-corrected chi connectivity index (χ2v) is 7.75. The number of carbonyl (C=O) groups excluding carboxylic acids is 4. The first-order valence-electron chi connectivity index (χ1n) is 11.1. The van der Waals surface area contributed by atoms with Gasteiger partial charge in [-0.3, -0.25) is 29.2 Å². The fourth-order valence-electron chi connectivity index (χ4n) is 2.78. The second kappa shape index (κ2) is 17.3. The molecular weight excluding hydrogens is 478 g/mol. The van der Waals surface area contributed by atoms with Crippen LogP contribution in [-0.4, -0.2) is 84.4 Å². The molecule has 0 aromatic heterocycles. The number of hydrogen-bond donors (Lipinski definition) is 10. The van der Waals surface area contributed by atoms with Gasteiger partial charge in [-0.15, -0.1) is 0 Å². The quantitative estimate of drug-likeness (QED) is 0.0467. The zero-order chi connectivity index (χ0) is 27.7. The summed E-state index contributed by atoms with van der Waals surface area (Å²) in [6, 6.07) is -3.42. The van der Waals surface area contributed by atoms with Crippen LogP contribution in [0.15, 0.2) is 9.98 Å². The summed E-state index contributed by atoms with van der Waals surface area (Å²) in [6.45, 7) is -0.192. The number of hydrogen-bond acceptors (Lipinski definition) is 8. The summed E-state index contributed by atoms with van der Waals surface area (Å²) in [7, 11) is 0. The normalized spacial score (nSPS) is 12.8. The van der Waals surface area contributed by atoms with Crippen LogP contribution in [0.4, 0.5) is 0 Å². The van der Waals surface area contributed by atoms with E-state index in [2.05, 4.69) is 25.9 Å². The first kappa shape index (κ1) is 31.8. The van der Waals surface area contributed by atoms with Crippen molar-refractivity contribution in [1.82, 2.24) is 16.0 Å². The van der Waals surface area contributed by atoms with Crippen LogP contribution in [0.2, 0.25) is 0 Å². The average molecular weight is 516 g/mol. The molecule has 0 aliphatic carbocycles.